The normalized spacial score (nSPS) is 22.2. The maximum absolute atomic E-state index is 4.63. The molecule has 1 aromatic rings. The molecule has 0 spiro atoms. The third-order valence-corrected chi connectivity index (χ3v) is 6.52. The summed E-state index contributed by atoms with van der Waals surface area (Å²) >= 11 is 1.68. The average Bonchev–Trinajstić information content (AvgIpc) is 3.15. The van der Waals surface area contributed by atoms with E-state index in [1.807, 2.05) is 26.0 Å². The van der Waals surface area contributed by atoms with Crippen LogP contribution in [-0.2, 0) is 6.54 Å². The number of thiazole rings is 1. The summed E-state index contributed by atoms with van der Waals surface area (Å²) in [5, 5.41) is 10.2. The molecule has 1 saturated heterocycles. The summed E-state index contributed by atoms with van der Waals surface area (Å²) in [5.41, 5.74) is 1.06. The van der Waals surface area contributed by atoms with E-state index in [9.17, 15) is 0 Å². The van der Waals surface area contributed by atoms with Gasteiger partial charge in [-0.15, -0.1) is 35.3 Å². The van der Waals surface area contributed by atoms with Crippen molar-refractivity contribution >= 4 is 46.4 Å². The Morgan fingerprint density at radius 3 is 2.70 bits per heavy atom. The van der Waals surface area contributed by atoms with Crippen LogP contribution in [0.4, 0.5) is 5.13 Å². The number of halogens is 1. The van der Waals surface area contributed by atoms with E-state index in [0.29, 0.717) is 12.6 Å². The van der Waals surface area contributed by atoms with Gasteiger partial charge in [-0.3, -0.25) is 9.89 Å². The molecular weight excluding hydrogens is 471 g/mol. The molecule has 1 saturated carbocycles. The van der Waals surface area contributed by atoms with Crippen LogP contribution in [0.5, 0.6) is 0 Å². The van der Waals surface area contributed by atoms with Crippen molar-refractivity contribution in [3.8, 4) is 0 Å². The van der Waals surface area contributed by atoms with Crippen LogP contribution in [0.3, 0.4) is 0 Å². The number of likely N-dealkylation sites (tertiary alicyclic amines) is 1. The molecule has 1 aromatic heterocycles. The molecule has 2 N–H and O–H groups in total. The number of hydrogen-bond acceptors (Lipinski definition) is 5. The van der Waals surface area contributed by atoms with Gasteiger partial charge in [-0.1, -0.05) is 19.3 Å². The molecular formula is C19H35IN6S. The van der Waals surface area contributed by atoms with Crippen molar-refractivity contribution in [2.75, 3.05) is 39.1 Å². The number of nitrogens with one attached hydrogen (secondary N) is 2. The summed E-state index contributed by atoms with van der Waals surface area (Å²) < 4.78 is 0. The van der Waals surface area contributed by atoms with E-state index in [1.165, 1.54) is 51.5 Å². The van der Waals surface area contributed by atoms with E-state index in [4.69, 9.17) is 0 Å². The zero-order valence-electron chi connectivity index (χ0n) is 16.9. The van der Waals surface area contributed by atoms with E-state index in [0.717, 1.165) is 29.4 Å². The minimum absolute atomic E-state index is 0. The first-order valence-corrected chi connectivity index (χ1v) is 10.9. The second kappa shape index (κ2) is 11.4. The van der Waals surface area contributed by atoms with Crippen molar-refractivity contribution in [1.82, 2.24) is 20.5 Å². The number of anilines is 1. The van der Waals surface area contributed by atoms with Gasteiger partial charge in [0.15, 0.2) is 11.1 Å². The standard InChI is InChI=1S/C19H34N6S.HI/c1-20-18(21-12-16-14-26-19(23-16)24(2)3)22-15-8-7-11-25(13-15)17-9-5-4-6-10-17;/h14-15,17H,4-13H2,1-3H3,(H2,20,21,22);1H. The zero-order valence-corrected chi connectivity index (χ0v) is 20.1. The number of nitrogens with zero attached hydrogens (tertiary/aromatic N) is 4. The first-order chi connectivity index (χ1) is 12.7. The molecule has 1 unspecified atom stereocenters. The van der Waals surface area contributed by atoms with Crippen LogP contribution in [0, 0.1) is 0 Å². The molecule has 1 aliphatic heterocycles. The fourth-order valence-electron chi connectivity index (χ4n) is 4.05. The van der Waals surface area contributed by atoms with Gasteiger partial charge in [-0.05, 0) is 32.2 Å². The van der Waals surface area contributed by atoms with Gasteiger partial charge in [-0.25, -0.2) is 4.98 Å². The van der Waals surface area contributed by atoms with Crippen LogP contribution in [0.2, 0.25) is 0 Å². The fourth-order valence-corrected chi connectivity index (χ4v) is 4.81. The van der Waals surface area contributed by atoms with Crippen LogP contribution in [0.1, 0.15) is 50.6 Å². The van der Waals surface area contributed by atoms with Gasteiger partial charge in [0.2, 0.25) is 0 Å². The molecule has 2 fully saturated rings. The minimum atomic E-state index is 0. The average molecular weight is 507 g/mol. The number of aliphatic imine (C=N–C) groups is 1. The third kappa shape index (κ3) is 6.74. The summed E-state index contributed by atoms with van der Waals surface area (Å²) in [4.78, 5) is 13.8. The number of rotatable bonds is 5. The predicted octanol–water partition coefficient (Wildman–Crippen LogP) is 3.29. The van der Waals surface area contributed by atoms with Gasteiger partial charge in [0.05, 0.1) is 12.2 Å². The Kier molecular flexibility index (Phi) is 9.58. The lowest BCUT2D eigenvalue weighted by molar-refractivity contribution is 0.115. The quantitative estimate of drug-likeness (QED) is 0.365. The number of guanidine groups is 1. The molecule has 0 aromatic carbocycles. The van der Waals surface area contributed by atoms with Crippen LogP contribution in [-0.4, -0.2) is 62.2 Å². The van der Waals surface area contributed by atoms with E-state index in [-0.39, 0.29) is 24.0 Å². The highest BCUT2D eigenvalue weighted by molar-refractivity contribution is 14.0. The Hall–Kier alpha value is -0.610. The molecule has 0 amide bonds. The molecule has 8 heteroatoms. The molecule has 27 heavy (non-hydrogen) atoms. The Balaban J connectivity index is 0.00000261. The molecule has 2 heterocycles. The van der Waals surface area contributed by atoms with Gasteiger partial charge in [0.1, 0.15) is 0 Å². The van der Waals surface area contributed by atoms with Gasteiger partial charge in [0, 0.05) is 45.2 Å². The highest BCUT2D eigenvalue weighted by atomic mass is 127. The molecule has 6 nitrogen and oxygen atoms in total. The Morgan fingerprint density at radius 2 is 2.04 bits per heavy atom. The fraction of sp³-hybridized carbons (Fsp3) is 0.789. The lowest BCUT2D eigenvalue weighted by Gasteiger charge is -2.40. The van der Waals surface area contributed by atoms with E-state index < -0.39 is 0 Å². The van der Waals surface area contributed by atoms with E-state index in [2.05, 4.69) is 30.9 Å². The second-order valence-corrected chi connectivity index (χ2v) is 8.55. The Labute approximate surface area is 185 Å². The molecule has 1 aliphatic carbocycles. The van der Waals surface area contributed by atoms with Crippen molar-refractivity contribution in [2.24, 2.45) is 4.99 Å². The number of hydrogen-bond donors (Lipinski definition) is 2. The summed E-state index contributed by atoms with van der Waals surface area (Å²) in [6, 6.07) is 1.30. The summed E-state index contributed by atoms with van der Waals surface area (Å²) in [5.74, 6) is 0.889. The van der Waals surface area contributed by atoms with Gasteiger partial charge in [-0.2, -0.15) is 0 Å². The third-order valence-electron chi connectivity index (χ3n) is 5.47. The van der Waals surface area contributed by atoms with E-state index in [1.54, 1.807) is 11.3 Å². The predicted molar refractivity (Wildman–Crippen MR) is 127 cm³/mol. The first-order valence-electron chi connectivity index (χ1n) is 9.98. The largest absolute Gasteiger partial charge is 0.354 e. The highest BCUT2D eigenvalue weighted by Gasteiger charge is 2.27. The van der Waals surface area contributed by atoms with Crippen LogP contribution >= 0.6 is 35.3 Å². The van der Waals surface area contributed by atoms with Crippen molar-refractivity contribution < 1.29 is 0 Å². The molecule has 1 atom stereocenters. The van der Waals surface area contributed by atoms with Crippen LogP contribution < -0.4 is 15.5 Å². The van der Waals surface area contributed by atoms with Crippen molar-refractivity contribution in [1.29, 1.82) is 0 Å². The van der Waals surface area contributed by atoms with Crippen molar-refractivity contribution in [2.45, 2.75) is 63.6 Å². The van der Waals surface area contributed by atoms with E-state index >= 15 is 0 Å². The van der Waals surface area contributed by atoms with Gasteiger partial charge in [0.25, 0.3) is 0 Å². The monoisotopic (exact) mass is 506 g/mol. The lowest BCUT2D eigenvalue weighted by Crippen LogP contribution is -2.53. The van der Waals surface area contributed by atoms with Gasteiger partial charge >= 0.3 is 0 Å². The maximum atomic E-state index is 4.63. The zero-order chi connectivity index (χ0) is 18.4. The minimum Gasteiger partial charge on any atom is -0.354 e. The van der Waals surface area contributed by atoms with Gasteiger partial charge < -0.3 is 15.5 Å². The number of aromatic nitrogens is 1. The SMILES string of the molecule is CN=C(NCc1csc(N(C)C)n1)NC1CCCN(C2CCCCC2)C1.I. The molecule has 2 aliphatic rings. The molecule has 3 rings (SSSR count). The smallest absolute Gasteiger partial charge is 0.191 e. The maximum Gasteiger partial charge on any atom is 0.191 e. The van der Waals surface area contributed by atoms with Crippen molar-refractivity contribution in [3.63, 3.8) is 0 Å². The second-order valence-electron chi connectivity index (χ2n) is 7.71. The summed E-state index contributed by atoms with van der Waals surface area (Å²) in [7, 11) is 5.90. The highest BCUT2D eigenvalue weighted by Crippen LogP contribution is 2.25. The van der Waals surface area contributed by atoms with Crippen LogP contribution in [0.15, 0.2) is 10.4 Å². The Morgan fingerprint density at radius 1 is 1.26 bits per heavy atom. The number of piperidine rings is 1. The lowest BCUT2D eigenvalue weighted by atomic mass is 9.92. The summed E-state index contributed by atoms with van der Waals surface area (Å²) in [6.07, 6.45) is 9.52. The molecule has 154 valence electrons. The van der Waals surface area contributed by atoms with Crippen molar-refractivity contribution in [3.05, 3.63) is 11.1 Å². The summed E-state index contributed by atoms with van der Waals surface area (Å²) in [6.45, 7) is 3.12. The Bertz CT molecular complexity index is 585. The first kappa shape index (κ1) is 22.7. The molecule has 0 bridgehead atoms. The molecule has 0 radical (unpaired) electrons. The topological polar surface area (TPSA) is 55.8 Å². The van der Waals surface area contributed by atoms with Crippen LogP contribution in [0.25, 0.3) is 0 Å².